The Morgan fingerprint density at radius 2 is 1.41 bits per heavy atom. The summed E-state index contributed by atoms with van der Waals surface area (Å²) in [6.07, 6.45) is 7.28. The minimum absolute atomic E-state index is 0.0291. The van der Waals surface area contributed by atoms with E-state index in [-0.39, 0.29) is 47.8 Å². The first-order chi connectivity index (χ1) is 28.6. The molecule has 59 heavy (non-hydrogen) atoms. The van der Waals surface area contributed by atoms with Gasteiger partial charge >= 0.3 is 12.2 Å². The molecule has 15 heteroatoms. The first kappa shape index (κ1) is 38.6. The third-order valence-corrected chi connectivity index (χ3v) is 12.9. The quantitative estimate of drug-likeness (QED) is 0.165. The number of amides is 4. The molecule has 2 aromatic heterocycles. The number of hydrogen-bond donors (Lipinski definition) is 4. The van der Waals surface area contributed by atoms with Crippen molar-refractivity contribution in [2.45, 2.75) is 88.6 Å². The van der Waals surface area contributed by atoms with Crippen LogP contribution in [-0.4, -0.2) is 105 Å². The largest absolute Gasteiger partial charge is 0.453 e. The number of fused-ring (bicyclic) bond motifs is 3. The van der Waals surface area contributed by atoms with Gasteiger partial charge in [0.25, 0.3) is 0 Å². The summed E-state index contributed by atoms with van der Waals surface area (Å²) < 4.78 is 15.2. The van der Waals surface area contributed by atoms with Gasteiger partial charge in [0.15, 0.2) is 0 Å². The van der Waals surface area contributed by atoms with Crippen LogP contribution in [0.1, 0.15) is 87.4 Å². The number of imidazole rings is 2. The highest BCUT2D eigenvalue weighted by Gasteiger charge is 2.57. The monoisotopic (exact) mass is 802 g/mol. The molecule has 5 heterocycles. The van der Waals surface area contributed by atoms with E-state index < -0.39 is 24.3 Å². The lowest BCUT2D eigenvalue weighted by molar-refractivity contribution is -0.138. The number of aromatic nitrogens is 4. The van der Waals surface area contributed by atoms with E-state index in [9.17, 15) is 19.2 Å². The zero-order valence-corrected chi connectivity index (χ0v) is 33.7. The zero-order valence-electron chi connectivity index (χ0n) is 33.7. The molecule has 2 aromatic carbocycles. The highest BCUT2D eigenvalue weighted by atomic mass is 16.5. The molecule has 3 aliphatic heterocycles. The van der Waals surface area contributed by atoms with Crippen molar-refractivity contribution in [1.82, 2.24) is 40.4 Å². The first-order valence-electron chi connectivity index (χ1n) is 20.7. The van der Waals surface area contributed by atoms with Crippen LogP contribution in [-0.2, 0) is 23.8 Å². The van der Waals surface area contributed by atoms with Crippen molar-refractivity contribution in [1.29, 1.82) is 0 Å². The van der Waals surface area contributed by atoms with Crippen molar-refractivity contribution >= 4 is 34.8 Å². The van der Waals surface area contributed by atoms with Gasteiger partial charge in [0.1, 0.15) is 29.4 Å². The van der Waals surface area contributed by atoms with Gasteiger partial charge < -0.3 is 44.6 Å². The Morgan fingerprint density at radius 3 is 2.10 bits per heavy atom. The molecule has 4 amide bonds. The zero-order chi connectivity index (χ0) is 40.9. The Bertz CT molecular complexity index is 2340. The molecule has 0 unspecified atom stereocenters. The smallest absolute Gasteiger partial charge is 0.407 e. The predicted molar refractivity (Wildman–Crippen MR) is 215 cm³/mol. The number of ether oxygens (including phenoxy) is 3. The molecule has 5 fully saturated rings. The minimum Gasteiger partial charge on any atom is -0.453 e. The molecular weight excluding hydrogens is 753 g/mol. The van der Waals surface area contributed by atoms with E-state index in [0.29, 0.717) is 49.4 Å². The molecule has 8 atom stereocenters. The molecule has 3 saturated heterocycles. The van der Waals surface area contributed by atoms with Crippen LogP contribution in [0, 0.1) is 35.5 Å². The van der Waals surface area contributed by atoms with E-state index in [1.165, 1.54) is 14.2 Å². The second-order valence-electron chi connectivity index (χ2n) is 16.9. The lowest BCUT2D eigenvalue weighted by Crippen LogP contribution is -2.54. The number of alkyl carbamates (subject to hydrolysis) is 2. The minimum atomic E-state index is -0.684. The van der Waals surface area contributed by atoms with Crippen molar-refractivity contribution < 1.29 is 33.4 Å². The SMILES string of the molecule is COC(=O)N[C@H](C(=O)N1[C@@H]2C[C@@H]2C[C@H]1c1ncc(-c2ccc3cc(C#Cc4cnc([C@@H]5C[C@H]6C[C@H]6N5C(=O)[C@@H](NC(=O)OC)C5CCOCC5)[nH]4)ccc3c2)[nH]1)C(C)C. The lowest BCUT2D eigenvalue weighted by Gasteiger charge is -2.35. The van der Waals surface area contributed by atoms with Gasteiger partial charge in [-0.25, -0.2) is 19.6 Å². The summed E-state index contributed by atoms with van der Waals surface area (Å²) in [6, 6.07) is 10.8. The number of H-pyrrole nitrogens is 2. The van der Waals surface area contributed by atoms with Crippen molar-refractivity contribution in [3.63, 3.8) is 0 Å². The number of nitrogens with zero attached hydrogens (tertiary/aromatic N) is 4. The molecule has 308 valence electrons. The number of likely N-dealkylation sites (tertiary alicyclic amines) is 2. The summed E-state index contributed by atoms with van der Waals surface area (Å²) in [5.74, 6) is 8.47. The number of aromatic amines is 2. The average Bonchev–Trinajstić information content (AvgIpc) is 3.85. The maximum Gasteiger partial charge on any atom is 0.407 e. The van der Waals surface area contributed by atoms with E-state index >= 15 is 0 Å². The fourth-order valence-corrected chi connectivity index (χ4v) is 9.52. The van der Waals surface area contributed by atoms with Crippen molar-refractivity contribution in [3.05, 3.63) is 71.7 Å². The number of benzene rings is 2. The first-order valence-corrected chi connectivity index (χ1v) is 20.7. The number of nitrogens with one attached hydrogen (secondary N) is 4. The number of methoxy groups -OCH3 is 2. The average molecular weight is 803 g/mol. The van der Waals surface area contributed by atoms with Crippen LogP contribution >= 0.6 is 0 Å². The standard InChI is InChI=1S/C44H50N8O7/c1-23(2)37(49-43(55)57-3)41(53)51-33-17-30(33)20-36(51)40-46-22-32(48-40)28-9-8-26-15-24(5-7-27(26)16-28)6-10-31-21-45-39(47-31)35-19-29-18-34(29)52(35)42(54)38(50-44(56)58-4)25-11-13-59-14-12-25/h5,7-9,15-16,21-23,25,29-30,33-38H,11-14,17-20H2,1-4H3,(H,45,47)(H,46,48)(H,49,55)(H,50,56)/t29-,30-,33-,34-,35+,36+,37+,38+/m1/s1. The van der Waals surface area contributed by atoms with Gasteiger partial charge in [-0.05, 0) is 97.1 Å². The summed E-state index contributed by atoms with van der Waals surface area (Å²) in [5.41, 5.74) is 3.35. The van der Waals surface area contributed by atoms with Gasteiger partial charge in [0.05, 0.1) is 44.4 Å². The van der Waals surface area contributed by atoms with E-state index in [1.807, 2.05) is 35.9 Å². The molecule has 0 spiro atoms. The number of piperidine rings is 2. The van der Waals surface area contributed by atoms with Crippen molar-refractivity contribution in [2.75, 3.05) is 27.4 Å². The summed E-state index contributed by atoms with van der Waals surface area (Å²) in [6.45, 7) is 4.95. The summed E-state index contributed by atoms with van der Waals surface area (Å²) >= 11 is 0. The molecule has 0 bridgehead atoms. The van der Waals surface area contributed by atoms with E-state index in [0.717, 1.165) is 59.1 Å². The van der Waals surface area contributed by atoms with E-state index in [2.05, 4.69) is 67.8 Å². The number of hydrogen-bond acceptors (Lipinski definition) is 9. The fraction of sp³-hybridized carbons (Fsp3) is 0.500. The molecule has 4 aromatic rings. The third-order valence-electron chi connectivity index (χ3n) is 12.9. The molecule has 2 aliphatic carbocycles. The van der Waals surface area contributed by atoms with Crippen LogP contribution < -0.4 is 10.6 Å². The van der Waals surface area contributed by atoms with Crippen molar-refractivity contribution in [3.8, 4) is 23.1 Å². The third kappa shape index (κ3) is 7.62. The van der Waals surface area contributed by atoms with Gasteiger partial charge in [-0.1, -0.05) is 38.0 Å². The van der Waals surface area contributed by atoms with Gasteiger partial charge in [-0.3, -0.25) is 9.59 Å². The molecular formula is C44H50N8O7. The summed E-state index contributed by atoms with van der Waals surface area (Å²) in [5, 5.41) is 7.65. The van der Waals surface area contributed by atoms with Gasteiger partial charge in [-0.15, -0.1) is 0 Å². The Kier molecular flexibility index (Phi) is 10.3. The van der Waals surface area contributed by atoms with Gasteiger partial charge in [0.2, 0.25) is 11.8 Å². The number of rotatable bonds is 9. The van der Waals surface area contributed by atoms with Crippen LogP contribution in [0.25, 0.3) is 22.0 Å². The summed E-state index contributed by atoms with van der Waals surface area (Å²) in [7, 11) is 2.61. The lowest BCUT2D eigenvalue weighted by atomic mass is 9.90. The number of carbonyl (C=O) groups excluding carboxylic acids is 4. The van der Waals surface area contributed by atoms with Crippen LogP contribution in [0.4, 0.5) is 9.59 Å². The van der Waals surface area contributed by atoms with Crippen LogP contribution in [0.15, 0.2) is 48.8 Å². The fourth-order valence-electron chi connectivity index (χ4n) is 9.52. The second-order valence-corrected chi connectivity index (χ2v) is 16.9. The van der Waals surface area contributed by atoms with Crippen LogP contribution in [0.3, 0.4) is 0 Å². The van der Waals surface area contributed by atoms with Gasteiger partial charge in [-0.2, -0.15) is 0 Å². The summed E-state index contributed by atoms with van der Waals surface area (Å²) in [4.78, 5) is 72.5. The van der Waals surface area contributed by atoms with E-state index in [4.69, 9.17) is 19.2 Å². The molecule has 15 nitrogen and oxygen atoms in total. The Morgan fingerprint density at radius 1 is 0.780 bits per heavy atom. The Hall–Kier alpha value is -5.88. The van der Waals surface area contributed by atoms with Crippen LogP contribution in [0.2, 0.25) is 0 Å². The van der Waals surface area contributed by atoms with Gasteiger partial charge in [0, 0.05) is 36.4 Å². The molecule has 2 saturated carbocycles. The normalized spacial score (nSPS) is 25.4. The molecule has 5 aliphatic rings. The highest BCUT2D eigenvalue weighted by Crippen LogP contribution is 2.54. The highest BCUT2D eigenvalue weighted by molar-refractivity contribution is 5.89. The molecule has 0 radical (unpaired) electrons. The number of carbonyl (C=O) groups is 4. The predicted octanol–water partition coefficient (Wildman–Crippen LogP) is 5.21. The Labute approximate surface area is 342 Å². The van der Waals surface area contributed by atoms with Crippen molar-refractivity contribution in [2.24, 2.45) is 23.7 Å². The van der Waals surface area contributed by atoms with E-state index in [1.54, 1.807) is 6.20 Å². The Balaban J connectivity index is 0.879. The van der Waals surface area contributed by atoms with Crippen LogP contribution in [0.5, 0.6) is 0 Å². The topological polar surface area (TPSA) is 184 Å². The molecule has 4 N–H and O–H groups in total. The maximum atomic E-state index is 14.1. The maximum absolute atomic E-state index is 14.1. The second kappa shape index (κ2) is 15.7. The molecule has 9 rings (SSSR count).